The molecule has 7 N–H and O–H groups in total. The minimum Gasteiger partial charge on any atom is -0.483 e. The standard InChI is InChI=1S/C41H36F3N11O11/c42-41(43,44)20-49-29-16-22(10-11-46-29)38-51-26(18-66-38)36(60)50-25-17-54(53-33(25)34(45)58)23-6-4-21(5-7-23)35(59)48-13-15-64-14-12-47-31(57)19-65-28-3-1-2-24-32(28)40(63)55(39(24)62)27-8-9-30(56)52-37(27)61/h1-7,10-11,16-18,27H,8-9,12-15,19-20H2,(H2,45,58)(H,46,49)(H,47,57)(H,48,59)(H,50,60)(H,52,56,61). The Hall–Kier alpha value is -8.48. The van der Waals surface area contributed by atoms with Crippen LogP contribution in [0.1, 0.15) is 64.9 Å². The Kier molecular flexibility index (Phi) is 13.5. The molecule has 1 fully saturated rings. The molecule has 3 aromatic heterocycles. The lowest BCUT2D eigenvalue weighted by Gasteiger charge is -2.27. The van der Waals surface area contributed by atoms with Gasteiger partial charge in [-0.15, -0.1) is 0 Å². The first-order chi connectivity index (χ1) is 31.6. The number of carbonyl (C=O) groups excluding carboxylic acids is 8. The number of amides is 8. The number of pyridine rings is 1. The van der Waals surface area contributed by atoms with Crippen molar-refractivity contribution in [3.8, 4) is 22.9 Å². The van der Waals surface area contributed by atoms with Crippen molar-refractivity contribution in [3.05, 3.63) is 101 Å². The summed E-state index contributed by atoms with van der Waals surface area (Å²) < 4.78 is 55.5. The fraction of sp³-hybridized carbons (Fsp3) is 0.244. The van der Waals surface area contributed by atoms with Crippen LogP contribution in [0.15, 0.2) is 77.7 Å². The lowest BCUT2D eigenvalue weighted by Crippen LogP contribution is -2.54. The lowest BCUT2D eigenvalue weighted by atomic mass is 10.0. The molecule has 0 spiro atoms. The predicted molar refractivity (Wildman–Crippen MR) is 219 cm³/mol. The Morgan fingerprint density at radius 1 is 0.955 bits per heavy atom. The van der Waals surface area contributed by atoms with Gasteiger partial charge in [0.05, 0.1) is 41.9 Å². The maximum absolute atomic E-state index is 13.2. The number of alkyl halides is 3. The summed E-state index contributed by atoms with van der Waals surface area (Å²) in [7, 11) is 0. The largest absolute Gasteiger partial charge is 0.483 e. The van der Waals surface area contributed by atoms with Gasteiger partial charge in [-0.05, 0) is 55.0 Å². The number of nitrogens with two attached hydrogens (primary N) is 1. The van der Waals surface area contributed by atoms with Crippen molar-refractivity contribution < 1.29 is 65.4 Å². The molecular formula is C41H36F3N11O11. The highest BCUT2D eigenvalue weighted by Crippen LogP contribution is 2.34. The molecule has 2 aliphatic rings. The van der Waals surface area contributed by atoms with E-state index in [9.17, 15) is 51.5 Å². The molecule has 25 heteroatoms. The Bertz CT molecular complexity index is 2740. The van der Waals surface area contributed by atoms with Crippen LogP contribution in [-0.2, 0) is 19.1 Å². The van der Waals surface area contributed by atoms with Gasteiger partial charge in [0.15, 0.2) is 18.0 Å². The van der Waals surface area contributed by atoms with E-state index in [2.05, 4.69) is 41.7 Å². The van der Waals surface area contributed by atoms with Crippen molar-refractivity contribution in [3.63, 3.8) is 0 Å². The number of rotatable bonds is 18. The number of piperidine rings is 1. The van der Waals surface area contributed by atoms with Crippen molar-refractivity contribution in [1.82, 2.24) is 40.6 Å². The molecule has 0 radical (unpaired) electrons. The van der Waals surface area contributed by atoms with Crippen molar-refractivity contribution >= 4 is 58.8 Å². The van der Waals surface area contributed by atoms with E-state index in [0.717, 1.165) is 11.2 Å². The van der Waals surface area contributed by atoms with Gasteiger partial charge in [0.2, 0.25) is 17.7 Å². The second-order valence-electron chi connectivity index (χ2n) is 14.3. The highest BCUT2D eigenvalue weighted by molar-refractivity contribution is 6.24. The van der Waals surface area contributed by atoms with Crippen LogP contribution in [0.3, 0.4) is 0 Å². The van der Waals surface area contributed by atoms with E-state index in [4.69, 9.17) is 19.6 Å². The van der Waals surface area contributed by atoms with Crippen LogP contribution in [0, 0.1) is 0 Å². The number of anilines is 2. The Morgan fingerprint density at radius 3 is 2.44 bits per heavy atom. The zero-order valence-electron chi connectivity index (χ0n) is 34.1. The molecule has 8 amide bonds. The second-order valence-corrected chi connectivity index (χ2v) is 14.3. The van der Waals surface area contributed by atoms with E-state index < -0.39 is 72.6 Å². The number of oxazole rings is 1. The van der Waals surface area contributed by atoms with Crippen LogP contribution in [0.2, 0.25) is 0 Å². The van der Waals surface area contributed by atoms with Gasteiger partial charge in [-0.1, -0.05) is 6.07 Å². The molecule has 0 saturated carbocycles. The summed E-state index contributed by atoms with van der Waals surface area (Å²) in [5, 5.41) is 16.2. The fourth-order valence-electron chi connectivity index (χ4n) is 6.60. The number of primary amides is 1. The van der Waals surface area contributed by atoms with Crippen LogP contribution in [0.25, 0.3) is 17.1 Å². The molecule has 342 valence electrons. The summed E-state index contributed by atoms with van der Waals surface area (Å²) in [6, 6.07) is 11.8. The SMILES string of the molecule is NC(=O)c1nn(-c2ccc(C(=O)NCCOCCNC(=O)COc3cccc4c3C(=O)N(C3CCC(=O)NC3=O)C4=O)cc2)cc1NC(=O)c1coc(-c2ccnc(NCC(F)(F)F)c2)n1. The minimum atomic E-state index is -4.48. The number of hydrogen-bond donors (Lipinski definition) is 6. The zero-order chi connectivity index (χ0) is 47.1. The van der Waals surface area contributed by atoms with Gasteiger partial charge in [-0.3, -0.25) is 48.6 Å². The van der Waals surface area contributed by atoms with E-state index in [1.807, 2.05) is 0 Å². The summed E-state index contributed by atoms with van der Waals surface area (Å²) in [6.07, 6.45) is -0.971. The van der Waals surface area contributed by atoms with Crippen molar-refractivity contribution in [1.29, 1.82) is 0 Å². The number of nitrogens with zero attached hydrogens (tertiary/aromatic N) is 5. The van der Waals surface area contributed by atoms with Gasteiger partial charge in [-0.2, -0.15) is 18.3 Å². The van der Waals surface area contributed by atoms with Gasteiger partial charge >= 0.3 is 6.18 Å². The molecule has 7 rings (SSSR count). The third kappa shape index (κ3) is 10.6. The highest BCUT2D eigenvalue weighted by Gasteiger charge is 2.46. The highest BCUT2D eigenvalue weighted by atomic mass is 19.4. The van der Waals surface area contributed by atoms with Crippen LogP contribution < -0.4 is 37.1 Å². The van der Waals surface area contributed by atoms with E-state index in [-0.39, 0.29) is 95.9 Å². The van der Waals surface area contributed by atoms with Gasteiger partial charge in [0.1, 0.15) is 30.4 Å². The van der Waals surface area contributed by atoms with Gasteiger partial charge in [-0.25, -0.2) is 14.6 Å². The Balaban J connectivity index is 0.830. The number of halogens is 3. The van der Waals surface area contributed by atoms with E-state index in [1.165, 1.54) is 71.7 Å². The zero-order valence-corrected chi connectivity index (χ0v) is 34.1. The smallest absolute Gasteiger partial charge is 0.405 e. The predicted octanol–water partition coefficient (Wildman–Crippen LogP) is 1.59. The molecule has 2 aromatic carbocycles. The number of hydrogen-bond acceptors (Lipinski definition) is 15. The van der Waals surface area contributed by atoms with Crippen molar-refractivity contribution in [2.24, 2.45) is 5.73 Å². The summed E-state index contributed by atoms with van der Waals surface area (Å²) in [4.78, 5) is 109. The quantitative estimate of drug-likeness (QED) is 0.0537. The number of benzene rings is 2. The number of imide groups is 2. The number of nitrogens with one attached hydrogen (secondary N) is 5. The molecule has 1 atom stereocenters. The normalized spacial score (nSPS) is 14.7. The average Bonchev–Trinajstić information content (AvgIpc) is 4.02. The molecule has 1 saturated heterocycles. The first-order valence-electron chi connectivity index (χ1n) is 19.7. The summed E-state index contributed by atoms with van der Waals surface area (Å²) in [6.45, 7) is -1.47. The van der Waals surface area contributed by atoms with Crippen molar-refractivity contribution in [2.45, 2.75) is 25.1 Å². The van der Waals surface area contributed by atoms with Gasteiger partial charge in [0, 0.05) is 36.8 Å². The number of aromatic nitrogens is 4. The molecule has 2 aliphatic heterocycles. The summed E-state index contributed by atoms with van der Waals surface area (Å²) in [5.74, 6) is -5.75. The van der Waals surface area contributed by atoms with E-state index in [1.54, 1.807) is 0 Å². The van der Waals surface area contributed by atoms with E-state index >= 15 is 0 Å². The summed E-state index contributed by atoms with van der Waals surface area (Å²) >= 11 is 0. The maximum Gasteiger partial charge on any atom is 0.405 e. The third-order valence-corrected chi connectivity index (χ3v) is 9.69. The van der Waals surface area contributed by atoms with Crippen molar-refractivity contribution in [2.75, 3.05) is 50.1 Å². The topological polar surface area (TPSA) is 301 Å². The molecular weight excluding hydrogens is 880 g/mol. The Labute approximate surface area is 369 Å². The first-order valence-corrected chi connectivity index (χ1v) is 19.7. The van der Waals surface area contributed by atoms with Crippen LogP contribution in [-0.4, -0.2) is 124 Å². The number of carbonyl (C=O) groups is 8. The molecule has 5 aromatic rings. The second kappa shape index (κ2) is 19.5. The fourth-order valence-corrected chi connectivity index (χ4v) is 6.60. The van der Waals surface area contributed by atoms with Gasteiger partial charge in [0.25, 0.3) is 35.4 Å². The molecule has 0 bridgehead atoms. The molecule has 66 heavy (non-hydrogen) atoms. The first kappa shape index (κ1) is 45.5. The molecule has 0 aliphatic carbocycles. The maximum atomic E-state index is 13.2. The molecule has 5 heterocycles. The van der Waals surface area contributed by atoms with Crippen LogP contribution >= 0.6 is 0 Å². The third-order valence-electron chi connectivity index (χ3n) is 9.69. The van der Waals surface area contributed by atoms with Crippen LogP contribution in [0.5, 0.6) is 5.75 Å². The van der Waals surface area contributed by atoms with Crippen LogP contribution in [0.4, 0.5) is 24.7 Å². The Morgan fingerprint density at radius 2 is 1.71 bits per heavy atom. The van der Waals surface area contributed by atoms with E-state index in [0.29, 0.717) is 5.69 Å². The lowest BCUT2D eigenvalue weighted by molar-refractivity contribution is -0.136. The minimum absolute atomic E-state index is 0.00509. The molecule has 22 nitrogen and oxygen atoms in total. The van der Waals surface area contributed by atoms with Gasteiger partial charge < -0.3 is 40.9 Å². The average molecular weight is 916 g/mol. The number of fused-ring (bicyclic) bond motifs is 1. The molecule has 1 unspecified atom stereocenters. The monoisotopic (exact) mass is 915 g/mol. The summed E-state index contributed by atoms with van der Waals surface area (Å²) in [5.41, 5.74) is 5.68. The number of ether oxygens (including phenoxy) is 2.